The monoisotopic (exact) mass is 303 g/mol. The molecule has 7 heteroatoms. The number of anilines is 1. The van der Waals surface area contributed by atoms with Crippen molar-refractivity contribution in [2.45, 2.75) is 35.4 Å². The minimum absolute atomic E-state index is 0.0405. The molecule has 1 heterocycles. The van der Waals surface area contributed by atoms with Gasteiger partial charge in [0.05, 0.1) is 0 Å². The molecule has 21 heavy (non-hydrogen) atoms. The van der Waals surface area contributed by atoms with Gasteiger partial charge in [-0.2, -0.15) is 5.10 Å². The molecule has 3 N–H and O–H groups in total. The van der Waals surface area contributed by atoms with E-state index in [0.717, 1.165) is 22.3 Å². The van der Waals surface area contributed by atoms with E-state index in [-0.39, 0.29) is 5.91 Å². The number of aromatic nitrogens is 3. The molecular formula is C14H17N5OS. The van der Waals surface area contributed by atoms with Gasteiger partial charge in [-0.05, 0) is 37.1 Å². The number of nitrogens with zero attached hydrogens (tertiary/aromatic N) is 2. The Bertz CT molecular complexity index is 580. The summed E-state index contributed by atoms with van der Waals surface area (Å²) in [6.07, 6.45) is 4.47. The Morgan fingerprint density at radius 2 is 2.14 bits per heavy atom. The van der Waals surface area contributed by atoms with E-state index in [1.54, 1.807) is 0 Å². The summed E-state index contributed by atoms with van der Waals surface area (Å²) in [5, 5.41) is 13.6. The molecule has 0 atom stereocenters. The summed E-state index contributed by atoms with van der Waals surface area (Å²) in [6.45, 7) is 0.746. The van der Waals surface area contributed by atoms with Gasteiger partial charge in [-0.3, -0.25) is 9.89 Å². The van der Waals surface area contributed by atoms with E-state index in [4.69, 9.17) is 0 Å². The van der Waals surface area contributed by atoms with E-state index < -0.39 is 0 Å². The van der Waals surface area contributed by atoms with Crippen molar-refractivity contribution in [3.63, 3.8) is 0 Å². The molecule has 1 aromatic carbocycles. The maximum absolute atomic E-state index is 11.8. The minimum atomic E-state index is 0.0405. The molecule has 1 amide bonds. The van der Waals surface area contributed by atoms with Gasteiger partial charge in [0.25, 0.3) is 0 Å². The second-order valence-electron chi connectivity index (χ2n) is 4.94. The first-order valence-electron chi connectivity index (χ1n) is 6.96. The number of H-pyrrole nitrogens is 1. The van der Waals surface area contributed by atoms with Crippen LogP contribution in [0.4, 0.5) is 5.69 Å². The molecule has 0 saturated heterocycles. The van der Waals surface area contributed by atoms with Gasteiger partial charge in [0.1, 0.15) is 6.33 Å². The van der Waals surface area contributed by atoms with E-state index >= 15 is 0 Å². The number of nitrogens with one attached hydrogen (secondary N) is 3. The number of benzene rings is 1. The topological polar surface area (TPSA) is 82.7 Å². The van der Waals surface area contributed by atoms with Crippen molar-refractivity contribution >= 4 is 23.4 Å². The summed E-state index contributed by atoms with van der Waals surface area (Å²) >= 11 is 1.49. The summed E-state index contributed by atoms with van der Waals surface area (Å²) in [4.78, 5) is 16.9. The number of hydrogen-bond donors (Lipinski definition) is 3. The summed E-state index contributed by atoms with van der Waals surface area (Å²) in [5.74, 6) is 0.0405. The van der Waals surface area contributed by atoms with Crippen molar-refractivity contribution in [2.75, 3.05) is 11.9 Å². The predicted molar refractivity (Wildman–Crippen MR) is 81.2 cm³/mol. The van der Waals surface area contributed by atoms with E-state index in [2.05, 4.69) is 25.8 Å². The molecule has 1 saturated carbocycles. The van der Waals surface area contributed by atoms with Gasteiger partial charge in [0.15, 0.2) is 5.16 Å². The standard InChI is InChI=1S/C14H17N5OS/c20-13(7-8-15-10-1-2-10)18-11-3-5-12(6-4-11)21-14-16-9-17-19-14/h3-6,9-10,15H,1-2,7-8H2,(H,18,20)(H,16,17,19). The lowest BCUT2D eigenvalue weighted by atomic mass is 10.3. The molecule has 0 aliphatic heterocycles. The van der Waals surface area contributed by atoms with Crippen LogP contribution < -0.4 is 10.6 Å². The highest BCUT2D eigenvalue weighted by Gasteiger charge is 2.20. The summed E-state index contributed by atoms with van der Waals surface area (Å²) in [7, 11) is 0. The van der Waals surface area contributed by atoms with E-state index in [9.17, 15) is 4.79 Å². The highest BCUT2D eigenvalue weighted by atomic mass is 32.2. The Kier molecular flexibility index (Phi) is 4.52. The SMILES string of the molecule is O=C(CCNC1CC1)Nc1ccc(Sc2ncn[nH]2)cc1. The molecule has 2 aromatic rings. The molecule has 3 rings (SSSR count). The largest absolute Gasteiger partial charge is 0.326 e. The van der Waals surface area contributed by atoms with E-state index in [1.807, 2.05) is 24.3 Å². The van der Waals surface area contributed by atoms with Crippen molar-refractivity contribution in [3.05, 3.63) is 30.6 Å². The van der Waals surface area contributed by atoms with Crippen LogP contribution in [0.3, 0.4) is 0 Å². The number of amides is 1. The third-order valence-electron chi connectivity index (χ3n) is 3.11. The maximum Gasteiger partial charge on any atom is 0.225 e. The Balaban J connectivity index is 1.45. The van der Waals surface area contributed by atoms with Crippen LogP contribution in [0.2, 0.25) is 0 Å². The van der Waals surface area contributed by atoms with Crippen molar-refractivity contribution in [2.24, 2.45) is 0 Å². The maximum atomic E-state index is 11.8. The Morgan fingerprint density at radius 3 is 2.81 bits per heavy atom. The average Bonchev–Trinajstić information content (AvgIpc) is 3.16. The second-order valence-corrected chi connectivity index (χ2v) is 6.01. The fourth-order valence-electron chi connectivity index (χ4n) is 1.86. The van der Waals surface area contributed by atoms with E-state index in [0.29, 0.717) is 12.5 Å². The zero-order valence-electron chi connectivity index (χ0n) is 11.5. The zero-order valence-corrected chi connectivity index (χ0v) is 12.3. The van der Waals surface area contributed by atoms with Crippen molar-refractivity contribution in [1.82, 2.24) is 20.5 Å². The molecule has 6 nitrogen and oxygen atoms in total. The molecule has 0 radical (unpaired) electrons. The third-order valence-corrected chi connectivity index (χ3v) is 4.01. The Hall–Kier alpha value is -1.86. The van der Waals surface area contributed by atoms with Crippen LogP contribution in [-0.4, -0.2) is 33.7 Å². The van der Waals surface area contributed by atoms with Crippen LogP contribution in [0.25, 0.3) is 0 Å². The normalized spacial score (nSPS) is 14.1. The van der Waals surface area contributed by atoms with Crippen LogP contribution in [0.15, 0.2) is 40.6 Å². The first kappa shape index (κ1) is 14.1. The Morgan fingerprint density at radius 1 is 1.33 bits per heavy atom. The molecule has 0 unspecified atom stereocenters. The fraction of sp³-hybridized carbons (Fsp3) is 0.357. The summed E-state index contributed by atoms with van der Waals surface area (Å²) in [5.41, 5.74) is 0.813. The zero-order chi connectivity index (χ0) is 14.5. The van der Waals surface area contributed by atoms with Gasteiger partial charge in [-0.15, -0.1) is 0 Å². The molecule has 0 spiro atoms. The lowest BCUT2D eigenvalue weighted by molar-refractivity contribution is -0.116. The lowest BCUT2D eigenvalue weighted by Gasteiger charge is -2.06. The quantitative estimate of drug-likeness (QED) is 0.729. The van der Waals surface area contributed by atoms with Crippen LogP contribution >= 0.6 is 11.8 Å². The molecule has 1 aromatic heterocycles. The van der Waals surface area contributed by atoms with Gasteiger partial charge >= 0.3 is 0 Å². The predicted octanol–water partition coefficient (Wildman–Crippen LogP) is 2.04. The summed E-state index contributed by atoms with van der Waals surface area (Å²) in [6, 6.07) is 8.33. The molecule has 1 aliphatic carbocycles. The average molecular weight is 303 g/mol. The highest BCUT2D eigenvalue weighted by Crippen LogP contribution is 2.25. The van der Waals surface area contributed by atoms with Gasteiger partial charge in [0.2, 0.25) is 5.91 Å². The smallest absolute Gasteiger partial charge is 0.225 e. The molecular weight excluding hydrogens is 286 g/mol. The van der Waals surface area contributed by atoms with Crippen molar-refractivity contribution < 1.29 is 4.79 Å². The number of carbonyl (C=O) groups excluding carboxylic acids is 1. The van der Waals surface area contributed by atoms with Crippen LogP contribution in [0, 0.1) is 0 Å². The van der Waals surface area contributed by atoms with Gasteiger partial charge < -0.3 is 10.6 Å². The molecule has 1 aliphatic rings. The van der Waals surface area contributed by atoms with Crippen LogP contribution in [-0.2, 0) is 4.79 Å². The van der Waals surface area contributed by atoms with Gasteiger partial charge in [-0.1, -0.05) is 11.8 Å². The fourth-order valence-corrected chi connectivity index (χ4v) is 2.56. The summed E-state index contributed by atoms with van der Waals surface area (Å²) < 4.78 is 0. The first-order valence-corrected chi connectivity index (χ1v) is 7.78. The van der Waals surface area contributed by atoms with Crippen LogP contribution in [0.1, 0.15) is 19.3 Å². The molecule has 1 fully saturated rings. The van der Waals surface area contributed by atoms with E-state index in [1.165, 1.54) is 30.9 Å². The van der Waals surface area contributed by atoms with Crippen molar-refractivity contribution in [1.29, 1.82) is 0 Å². The van der Waals surface area contributed by atoms with Crippen LogP contribution in [0.5, 0.6) is 0 Å². The number of aromatic amines is 1. The highest BCUT2D eigenvalue weighted by molar-refractivity contribution is 7.99. The number of carbonyl (C=O) groups is 1. The first-order chi connectivity index (χ1) is 10.3. The second kappa shape index (κ2) is 6.73. The Labute approximate surface area is 127 Å². The number of hydrogen-bond acceptors (Lipinski definition) is 5. The number of rotatable bonds is 7. The molecule has 0 bridgehead atoms. The molecule has 110 valence electrons. The van der Waals surface area contributed by atoms with Gasteiger partial charge in [-0.25, -0.2) is 4.98 Å². The van der Waals surface area contributed by atoms with Gasteiger partial charge in [0, 0.05) is 29.6 Å². The third kappa shape index (κ3) is 4.57. The van der Waals surface area contributed by atoms with Crippen molar-refractivity contribution in [3.8, 4) is 0 Å². The lowest BCUT2D eigenvalue weighted by Crippen LogP contribution is -2.23. The minimum Gasteiger partial charge on any atom is -0.326 e.